The van der Waals surface area contributed by atoms with Gasteiger partial charge in [0, 0.05) is 5.33 Å². The molecule has 1 aromatic carbocycles. The first-order valence-corrected chi connectivity index (χ1v) is 6.13. The third-order valence-corrected chi connectivity index (χ3v) is 4.15. The molecule has 0 aliphatic carbocycles. The lowest BCUT2D eigenvalue weighted by Gasteiger charge is -2.25. The molecule has 0 aliphatic rings. The van der Waals surface area contributed by atoms with Gasteiger partial charge in [0.1, 0.15) is 11.6 Å². The van der Waals surface area contributed by atoms with E-state index in [1.165, 1.54) is 12.1 Å². The van der Waals surface area contributed by atoms with Crippen molar-refractivity contribution in [3.8, 4) is 0 Å². The lowest BCUT2D eigenvalue weighted by Crippen LogP contribution is -2.21. The zero-order chi connectivity index (χ0) is 11.5. The fourth-order valence-corrected chi connectivity index (χ4v) is 2.00. The minimum atomic E-state index is -0.376. The Bertz CT molecular complexity index is 332. The molecule has 1 rings (SSSR count). The summed E-state index contributed by atoms with van der Waals surface area (Å²) in [6.07, 6.45) is 1.48. The Balaban J connectivity index is 2.92. The zero-order valence-corrected chi connectivity index (χ0v) is 10.6. The molecule has 0 nitrogen and oxygen atoms in total. The Kier molecular flexibility index (Phi) is 4.26. The average molecular weight is 277 g/mol. The first-order chi connectivity index (χ1) is 7.00. The Labute approximate surface area is 97.8 Å². The van der Waals surface area contributed by atoms with Gasteiger partial charge in [0.25, 0.3) is 0 Å². The lowest BCUT2D eigenvalue weighted by molar-refractivity contribution is 0.354. The standard InChI is InChI=1S/C12H15BrF2/c1-3-12(2,8-13)7-9-6-10(14)4-5-11(9)15/h4-6H,3,7-8H2,1-2H3. The minimum absolute atomic E-state index is 0.0192. The van der Waals surface area contributed by atoms with Gasteiger partial charge in [-0.15, -0.1) is 0 Å². The van der Waals surface area contributed by atoms with Gasteiger partial charge in [-0.25, -0.2) is 8.78 Å². The first kappa shape index (κ1) is 12.6. The van der Waals surface area contributed by atoms with Gasteiger partial charge in [0.05, 0.1) is 0 Å². The molecule has 15 heavy (non-hydrogen) atoms. The van der Waals surface area contributed by atoms with Crippen molar-refractivity contribution in [2.75, 3.05) is 5.33 Å². The van der Waals surface area contributed by atoms with Gasteiger partial charge in [0.15, 0.2) is 0 Å². The van der Waals surface area contributed by atoms with E-state index in [9.17, 15) is 8.78 Å². The number of hydrogen-bond acceptors (Lipinski definition) is 0. The summed E-state index contributed by atoms with van der Waals surface area (Å²) in [6.45, 7) is 4.12. The molecule has 0 bridgehead atoms. The molecule has 0 saturated heterocycles. The summed E-state index contributed by atoms with van der Waals surface area (Å²) in [5, 5.41) is 0.784. The van der Waals surface area contributed by atoms with E-state index in [1.54, 1.807) is 0 Å². The van der Waals surface area contributed by atoms with Crippen LogP contribution in [0.1, 0.15) is 25.8 Å². The third-order valence-electron chi connectivity index (χ3n) is 2.80. The molecule has 0 radical (unpaired) electrons. The van der Waals surface area contributed by atoms with Gasteiger partial charge in [0.2, 0.25) is 0 Å². The number of halogens is 3. The highest BCUT2D eigenvalue weighted by molar-refractivity contribution is 9.09. The molecular weight excluding hydrogens is 262 g/mol. The van der Waals surface area contributed by atoms with Crippen molar-refractivity contribution in [1.82, 2.24) is 0 Å². The molecule has 3 heteroatoms. The van der Waals surface area contributed by atoms with Crippen molar-refractivity contribution >= 4 is 15.9 Å². The fourth-order valence-electron chi connectivity index (χ4n) is 1.41. The number of benzene rings is 1. The van der Waals surface area contributed by atoms with Gasteiger partial charge in [-0.2, -0.15) is 0 Å². The number of hydrogen-bond donors (Lipinski definition) is 0. The van der Waals surface area contributed by atoms with E-state index in [1.807, 2.05) is 0 Å². The molecule has 0 amide bonds. The van der Waals surface area contributed by atoms with Gasteiger partial charge >= 0.3 is 0 Å². The van der Waals surface area contributed by atoms with E-state index in [0.717, 1.165) is 17.8 Å². The highest BCUT2D eigenvalue weighted by atomic mass is 79.9. The van der Waals surface area contributed by atoms with E-state index in [-0.39, 0.29) is 17.0 Å². The number of alkyl halides is 1. The second kappa shape index (κ2) is 5.06. The molecule has 0 fully saturated rings. The Morgan fingerprint density at radius 1 is 1.33 bits per heavy atom. The summed E-state index contributed by atoms with van der Waals surface area (Å²) in [7, 11) is 0. The Morgan fingerprint density at radius 3 is 2.53 bits per heavy atom. The first-order valence-electron chi connectivity index (χ1n) is 5.00. The molecule has 0 spiro atoms. The molecule has 1 unspecified atom stereocenters. The maximum absolute atomic E-state index is 13.4. The van der Waals surface area contributed by atoms with Crippen LogP contribution in [0.2, 0.25) is 0 Å². The second-order valence-electron chi connectivity index (χ2n) is 4.21. The smallest absolute Gasteiger partial charge is 0.126 e. The summed E-state index contributed by atoms with van der Waals surface area (Å²) in [5.74, 6) is -0.698. The van der Waals surface area contributed by atoms with Crippen molar-refractivity contribution in [1.29, 1.82) is 0 Å². The van der Waals surface area contributed by atoms with Crippen molar-refractivity contribution in [3.63, 3.8) is 0 Å². The highest BCUT2D eigenvalue weighted by Gasteiger charge is 2.22. The molecule has 0 aliphatic heterocycles. The normalized spacial score (nSPS) is 15.0. The van der Waals surface area contributed by atoms with Crippen LogP contribution in [0.4, 0.5) is 8.78 Å². The van der Waals surface area contributed by atoms with Gasteiger partial charge < -0.3 is 0 Å². The van der Waals surface area contributed by atoms with Crippen molar-refractivity contribution in [2.24, 2.45) is 5.41 Å². The van der Waals surface area contributed by atoms with Crippen LogP contribution in [0, 0.1) is 17.0 Å². The average Bonchev–Trinajstić information content (AvgIpc) is 2.23. The van der Waals surface area contributed by atoms with Crippen LogP contribution in [-0.4, -0.2) is 5.33 Å². The van der Waals surface area contributed by atoms with Gasteiger partial charge in [-0.3, -0.25) is 0 Å². The highest BCUT2D eigenvalue weighted by Crippen LogP contribution is 2.29. The number of rotatable bonds is 4. The summed E-state index contributed by atoms with van der Waals surface area (Å²) in [4.78, 5) is 0. The molecule has 0 aromatic heterocycles. The zero-order valence-electron chi connectivity index (χ0n) is 8.99. The van der Waals surface area contributed by atoms with Crippen LogP contribution >= 0.6 is 15.9 Å². The molecule has 0 saturated carbocycles. The fraction of sp³-hybridized carbons (Fsp3) is 0.500. The van der Waals surface area contributed by atoms with Crippen molar-refractivity contribution in [3.05, 3.63) is 35.4 Å². The SMILES string of the molecule is CCC(C)(CBr)Cc1cc(F)ccc1F. The van der Waals surface area contributed by atoms with Gasteiger partial charge in [-0.05, 0) is 42.0 Å². The monoisotopic (exact) mass is 276 g/mol. The van der Waals surface area contributed by atoms with Crippen LogP contribution in [0.5, 0.6) is 0 Å². The van der Waals surface area contributed by atoms with Crippen LogP contribution in [-0.2, 0) is 6.42 Å². The summed E-state index contributed by atoms with van der Waals surface area (Å²) in [6, 6.07) is 3.62. The topological polar surface area (TPSA) is 0 Å². The van der Waals surface area contributed by atoms with Crippen LogP contribution in [0.25, 0.3) is 0 Å². The Hall–Kier alpha value is -0.440. The predicted molar refractivity (Wildman–Crippen MR) is 62.3 cm³/mol. The second-order valence-corrected chi connectivity index (χ2v) is 4.77. The van der Waals surface area contributed by atoms with E-state index < -0.39 is 0 Å². The van der Waals surface area contributed by atoms with Crippen molar-refractivity contribution in [2.45, 2.75) is 26.7 Å². The van der Waals surface area contributed by atoms with Crippen molar-refractivity contribution < 1.29 is 8.78 Å². The Morgan fingerprint density at radius 2 is 2.00 bits per heavy atom. The molecule has 0 N–H and O–H groups in total. The molecule has 0 heterocycles. The molecular formula is C12H15BrF2. The minimum Gasteiger partial charge on any atom is -0.207 e. The summed E-state index contributed by atoms with van der Waals surface area (Å²) >= 11 is 3.42. The maximum atomic E-state index is 13.4. The lowest BCUT2D eigenvalue weighted by atomic mass is 9.83. The predicted octanol–water partition coefficient (Wildman–Crippen LogP) is 4.32. The van der Waals surface area contributed by atoms with E-state index in [4.69, 9.17) is 0 Å². The summed E-state index contributed by atoms with van der Waals surface area (Å²) in [5.41, 5.74) is 0.438. The quantitative estimate of drug-likeness (QED) is 0.719. The van der Waals surface area contributed by atoms with E-state index in [2.05, 4.69) is 29.8 Å². The summed E-state index contributed by atoms with van der Waals surface area (Å²) < 4.78 is 26.3. The molecule has 1 atom stereocenters. The molecule has 1 aromatic rings. The van der Waals surface area contributed by atoms with Crippen LogP contribution < -0.4 is 0 Å². The van der Waals surface area contributed by atoms with E-state index in [0.29, 0.717) is 12.0 Å². The maximum Gasteiger partial charge on any atom is 0.126 e. The van der Waals surface area contributed by atoms with E-state index >= 15 is 0 Å². The molecule has 84 valence electrons. The van der Waals surface area contributed by atoms with Gasteiger partial charge in [-0.1, -0.05) is 29.8 Å². The van der Waals surface area contributed by atoms with Crippen LogP contribution in [0.15, 0.2) is 18.2 Å². The third kappa shape index (κ3) is 3.26. The van der Waals surface area contributed by atoms with Crippen LogP contribution in [0.3, 0.4) is 0 Å². The largest absolute Gasteiger partial charge is 0.207 e.